The molecule has 2 N–H and O–H groups in total. The molecular weight excluding hydrogens is 192 g/mol. The van der Waals surface area contributed by atoms with Crippen LogP contribution in [-0.4, -0.2) is 31.7 Å². The Morgan fingerprint density at radius 3 is 2.93 bits per heavy atom. The van der Waals surface area contributed by atoms with E-state index >= 15 is 0 Å². The average molecular weight is 212 g/mol. The Bertz CT molecular complexity index is 273. The zero-order valence-corrected chi connectivity index (χ0v) is 9.53. The van der Waals surface area contributed by atoms with Crippen molar-refractivity contribution in [3.8, 4) is 0 Å². The standard InChI is InChI=1S/C11H20N2O2/c1-3-13(5-7-14-2)9-11-10(8-12)4-6-15-11/h4,6H,3,5,7-9,12H2,1-2H3. The normalized spacial score (nSPS) is 11.2. The second kappa shape index (κ2) is 6.61. The van der Waals surface area contributed by atoms with E-state index in [4.69, 9.17) is 14.9 Å². The number of furan rings is 1. The molecule has 86 valence electrons. The third-order valence-corrected chi connectivity index (χ3v) is 2.48. The molecule has 0 spiro atoms. The number of ether oxygens (including phenoxy) is 1. The third kappa shape index (κ3) is 3.66. The zero-order valence-electron chi connectivity index (χ0n) is 9.53. The molecule has 1 rings (SSSR count). The lowest BCUT2D eigenvalue weighted by molar-refractivity contribution is 0.142. The van der Waals surface area contributed by atoms with Crippen molar-refractivity contribution in [1.82, 2.24) is 4.90 Å². The minimum Gasteiger partial charge on any atom is -0.468 e. The molecule has 0 aliphatic heterocycles. The Labute approximate surface area is 91.0 Å². The number of hydrogen-bond donors (Lipinski definition) is 1. The van der Waals surface area contributed by atoms with Crippen molar-refractivity contribution in [2.45, 2.75) is 20.0 Å². The summed E-state index contributed by atoms with van der Waals surface area (Å²) in [6.07, 6.45) is 1.70. The van der Waals surface area contributed by atoms with Crippen LogP contribution in [0.25, 0.3) is 0 Å². The van der Waals surface area contributed by atoms with Gasteiger partial charge in [-0.15, -0.1) is 0 Å². The molecule has 0 saturated carbocycles. The molecule has 0 aliphatic rings. The van der Waals surface area contributed by atoms with Crippen LogP contribution in [0, 0.1) is 0 Å². The molecule has 4 heteroatoms. The van der Waals surface area contributed by atoms with E-state index in [0.717, 1.165) is 37.6 Å². The minimum atomic E-state index is 0.535. The second-order valence-electron chi connectivity index (χ2n) is 3.43. The van der Waals surface area contributed by atoms with Crippen molar-refractivity contribution in [3.63, 3.8) is 0 Å². The predicted octanol–water partition coefficient (Wildman–Crippen LogP) is 1.21. The van der Waals surface area contributed by atoms with Gasteiger partial charge in [-0.25, -0.2) is 0 Å². The van der Waals surface area contributed by atoms with Gasteiger partial charge in [-0.2, -0.15) is 0 Å². The van der Waals surface area contributed by atoms with Crippen LogP contribution in [0.5, 0.6) is 0 Å². The van der Waals surface area contributed by atoms with Crippen LogP contribution >= 0.6 is 0 Å². The largest absolute Gasteiger partial charge is 0.468 e. The van der Waals surface area contributed by atoms with Crippen molar-refractivity contribution < 1.29 is 9.15 Å². The number of hydrogen-bond acceptors (Lipinski definition) is 4. The molecule has 0 saturated heterocycles. The molecule has 1 aromatic heterocycles. The number of nitrogens with two attached hydrogens (primary N) is 1. The maximum atomic E-state index is 5.61. The topological polar surface area (TPSA) is 51.6 Å². The zero-order chi connectivity index (χ0) is 11.1. The Kier molecular flexibility index (Phi) is 5.39. The molecule has 0 aromatic carbocycles. The maximum absolute atomic E-state index is 5.61. The van der Waals surface area contributed by atoms with Gasteiger partial charge in [0.05, 0.1) is 19.4 Å². The van der Waals surface area contributed by atoms with E-state index in [1.807, 2.05) is 6.07 Å². The lowest BCUT2D eigenvalue weighted by atomic mass is 10.2. The summed E-state index contributed by atoms with van der Waals surface area (Å²) >= 11 is 0. The molecule has 15 heavy (non-hydrogen) atoms. The first-order chi connectivity index (χ1) is 7.31. The van der Waals surface area contributed by atoms with Gasteiger partial charge in [-0.1, -0.05) is 6.92 Å². The summed E-state index contributed by atoms with van der Waals surface area (Å²) in [6, 6.07) is 1.93. The van der Waals surface area contributed by atoms with Crippen molar-refractivity contribution >= 4 is 0 Å². The van der Waals surface area contributed by atoms with E-state index < -0.39 is 0 Å². The summed E-state index contributed by atoms with van der Waals surface area (Å²) in [5.41, 5.74) is 6.70. The van der Waals surface area contributed by atoms with Gasteiger partial charge in [-0.05, 0) is 12.6 Å². The van der Waals surface area contributed by atoms with Gasteiger partial charge >= 0.3 is 0 Å². The Balaban J connectivity index is 2.50. The van der Waals surface area contributed by atoms with Crippen molar-refractivity contribution in [2.24, 2.45) is 5.73 Å². The Hall–Kier alpha value is -0.840. The van der Waals surface area contributed by atoms with E-state index in [1.165, 1.54) is 0 Å². The van der Waals surface area contributed by atoms with Crippen molar-refractivity contribution in [3.05, 3.63) is 23.7 Å². The monoisotopic (exact) mass is 212 g/mol. The maximum Gasteiger partial charge on any atom is 0.122 e. The molecule has 0 unspecified atom stereocenters. The van der Waals surface area contributed by atoms with E-state index in [-0.39, 0.29) is 0 Å². The van der Waals surface area contributed by atoms with Gasteiger partial charge in [0.15, 0.2) is 0 Å². The van der Waals surface area contributed by atoms with Crippen LogP contribution in [-0.2, 0) is 17.8 Å². The number of rotatable bonds is 7. The smallest absolute Gasteiger partial charge is 0.122 e. The SMILES string of the molecule is CCN(CCOC)Cc1occc1CN. The highest BCUT2D eigenvalue weighted by atomic mass is 16.5. The second-order valence-corrected chi connectivity index (χ2v) is 3.43. The van der Waals surface area contributed by atoms with E-state index in [1.54, 1.807) is 13.4 Å². The lowest BCUT2D eigenvalue weighted by Gasteiger charge is -2.18. The van der Waals surface area contributed by atoms with Crippen LogP contribution in [0.4, 0.5) is 0 Å². The van der Waals surface area contributed by atoms with Crippen molar-refractivity contribution in [1.29, 1.82) is 0 Å². The highest BCUT2D eigenvalue weighted by molar-refractivity contribution is 5.16. The Morgan fingerprint density at radius 2 is 2.33 bits per heavy atom. The summed E-state index contributed by atoms with van der Waals surface area (Å²) < 4.78 is 10.5. The van der Waals surface area contributed by atoms with Crippen LogP contribution in [0.3, 0.4) is 0 Å². The van der Waals surface area contributed by atoms with E-state index in [0.29, 0.717) is 6.54 Å². The van der Waals surface area contributed by atoms with Crippen LogP contribution in [0.2, 0.25) is 0 Å². The lowest BCUT2D eigenvalue weighted by Crippen LogP contribution is -2.27. The quantitative estimate of drug-likeness (QED) is 0.738. The molecule has 1 heterocycles. The fourth-order valence-electron chi connectivity index (χ4n) is 1.46. The molecule has 0 amide bonds. The van der Waals surface area contributed by atoms with Gasteiger partial charge in [0, 0.05) is 25.8 Å². The molecule has 0 aliphatic carbocycles. The fourth-order valence-corrected chi connectivity index (χ4v) is 1.46. The van der Waals surface area contributed by atoms with Crippen LogP contribution in [0.1, 0.15) is 18.2 Å². The van der Waals surface area contributed by atoms with E-state index in [2.05, 4.69) is 11.8 Å². The first-order valence-corrected chi connectivity index (χ1v) is 5.28. The highest BCUT2D eigenvalue weighted by Gasteiger charge is 2.09. The molecule has 0 fully saturated rings. The summed E-state index contributed by atoms with van der Waals surface area (Å²) in [5.74, 6) is 0.968. The number of likely N-dealkylation sites (N-methyl/N-ethyl adjacent to an activating group) is 1. The molecule has 4 nitrogen and oxygen atoms in total. The van der Waals surface area contributed by atoms with E-state index in [9.17, 15) is 0 Å². The van der Waals surface area contributed by atoms with Gasteiger partial charge < -0.3 is 14.9 Å². The summed E-state index contributed by atoms with van der Waals surface area (Å²) in [4.78, 5) is 2.27. The van der Waals surface area contributed by atoms with Gasteiger partial charge in [0.1, 0.15) is 5.76 Å². The van der Waals surface area contributed by atoms with Crippen LogP contribution < -0.4 is 5.73 Å². The number of methoxy groups -OCH3 is 1. The van der Waals surface area contributed by atoms with Gasteiger partial charge in [-0.3, -0.25) is 4.90 Å². The van der Waals surface area contributed by atoms with Gasteiger partial charge in [0.25, 0.3) is 0 Å². The summed E-state index contributed by atoms with van der Waals surface area (Å²) in [7, 11) is 1.71. The molecule has 1 aromatic rings. The fraction of sp³-hybridized carbons (Fsp3) is 0.636. The summed E-state index contributed by atoms with van der Waals surface area (Å²) in [6.45, 7) is 6.10. The summed E-state index contributed by atoms with van der Waals surface area (Å²) in [5, 5.41) is 0. The predicted molar refractivity (Wildman–Crippen MR) is 59.4 cm³/mol. The highest BCUT2D eigenvalue weighted by Crippen LogP contribution is 2.12. The first kappa shape index (κ1) is 12.2. The van der Waals surface area contributed by atoms with Crippen molar-refractivity contribution in [2.75, 3.05) is 26.8 Å². The van der Waals surface area contributed by atoms with Crippen LogP contribution in [0.15, 0.2) is 16.7 Å². The Morgan fingerprint density at radius 1 is 1.53 bits per heavy atom. The molecular formula is C11H20N2O2. The van der Waals surface area contributed by atoms with Gasteiger partial charge in [0.2, 0.25) is 0 Å². The third-order valence-electron chi connectivity index (χ3n) is 2.48. The first-order valence-electron chi connectivity index (χ1n) is 5.28. The molecule has 0 atom stereocenters. The minimum absolute atomic E-state index is 0.535. The number of nitrogens with zero attached hydrogens (tertiary/aromatic N) is 1. The molecule has 0 bridgehead atoms. The average Bonchev–Trinajstić information content (AvgIpc) is 2.71. The molecule has 0 radical (unpaired) electrons.